The van der Waals surface area contributed by atoms with Gasteiger partial charge in [0, 0.05) is 24.7 Å². The third-order valence-electron chi connectivity index (χ3n) is 3.89. The molecule has 1 fully saturated rings. The molecule has 2 aliphatic rings. The minimum Gasteiger partial charge on any atom is -0.491 e. The molecule has 0 bridgehead atoms. The number of amides is 1. The molecule has 0 aliphatic carbocycles. The van der Waals surface area contributed by atoms with Crippen LogP contribution in [0.3, 0.4) is 0 Å². The molecular formula is C16H22N2O2S. The van der Waals surface area contributed by atoms with Crippen molar-refractivity contribution in [3.63, 3.8) is 0 Å². The van der Waals surface area contributed by atoms with Gasteiger partial charge in [0.25, 0.3) is 0 Å². The van der Waals surface area contributed by atoms with Crippen molar-refractivity contribution in [3.8, 4) is 5.75 Å². The average Bonchev–Trinajstić information content (AvgIpc) is 2.99. The van der Waals surface area contributed by atoms with E-state index in [0.29, 0.717) is 0 Å². The van der Waals surface area contributed by atoms with Gasteiger partial charge in [0.1, 0.15) is 5.75 Å². The molecule has 3 rings (SSSR count). The van der Waals surface area contributed by atoms with E-state index in [4.69, 9.17) is 4.74 Å². The van der Waals surface area contributed by atoms with Gasteiger partial charge in [-0.15, -0.1) is 11.8 Å². The highest BCUT2D eigenvalue weighted by Gasteiger charge is 2.29. The SMILES string of the molecule is CC(C)Oc1ccc2c(c1)CCN(C(=O)C1CSCN1)C2. The number of rotatable bonds is 3. The number of benzene rings is 1. The minimum atomic E-state index is 0.0000903. The summed E-state index contributed by atoms with van der Waals surface area (Å²) in [5, 5.41) is 3.26. The molecule has 5 heteroatoms. The molecule has 1 aromatic rings. The predicted octanol–water partition coefficient (Wildman–Crippen LogP) is 2.02. The zero-order valence-electron chi connectivity index (χ0n) is 12.6. The number of fused-ring (bicyclic) bond motifs is 1. The smallest absolute Gasteiger partial charge is 0.240 e. The Morgan fingerprint density at radius 3 is 3.00 bits per heavy atom. The van der Waals surface area contributed by atoms with Crippen LogP contribution in [0.4, 0.5) is 0 Å². The van der Waals surface area contributed by atoms with Crippen molar-refractivity contribution in [1.29, 1.82) is 0 Å². The van der Waals surface area contributed by atoms with Gasteiger partial charge in [-0.25, -0.2) is 0 Å². The molecule has 1 atom stereocenters. The molecule has 114 valence electrons. The third kappa shape index (κ3) is 3.35. The normalized spacial score (nSPS) is 21.5. The van der Waals surface area contributed by atoms with Gasteiger partial charge >= 0.3 is 0 Å². The van der Waals surface area contributed by atoms with Gasteiger partial charge in [0.2, 0.25) is 5.91 Å². The van der Waals surface area contributed by atoms with Crippen LogP contribution in [0.1, 0.15) is 25.0 Å². The van der Waals surface area contributed by atoms with E-state index in [1.165, 1.54) is 11.1 Å². The number of ether oxygens (including phenoxy) is 1. The van der Waals surface area contributed by atoms with E-state index in [2.05, 4.69) is 17.4 Å². The lowest BCUT2D eigenvalue weighted by molar-refractivity contribution is -0.133. The van der Waals surface area contributed by atoms with Crippen LogP contribution in [0.2, 0.25) is 0 Å². The number of thioether (sulfide) groups is 1. The molecule has 1 unspecified atom stereocenters. The highest BCUT2D eigenvalue weighted by atomic mass is 32.2. The fourth-order valence-electron chi connectivity index (χ4n) is 2.84. The largest absolute Gasteiger partial charge is 0.491 e. The summed E-state index contributed by atoms with van der Waals surface area (Å²) in [5.41, 5.74) is 2.56. The number of hydrogen-bond acceptors (Lipinski definition) is 4. The van der Waals surface area contributed by atoms with Crippen molar-refractivity contribution in [3.05, 3.63) is 29.3 Å². The molecular weight excluding hydrogens is 284 g/mol. The third-order valence-corrected chi connectivity index (χ3v) is 4.83. The lowest BCUT2D eigenvalue weighted by Crippen LogP contribution is -2.46. The zero-order chi connectivity index (χ0) is 14.8. The molecule has 21 heavy (non-hydrogen) atoms. The molecule has 0 spiro atoms. The molecule has 0 radical (unpaired) electrons. The number of nitrogens with zero attached hydrogens (tertiary/aromatic N) is 1. The summed E-state index contributed by atoms with van der Waals surface area (Å²) in [4.78, 5) is 14.4. The Balaban J connectivity index is 1.69. The van der Waals surface area contributed by atoms with Crippen molar-refractivity contribution in [2.24, 2.45) is 0 Å². The lowest BCUT2D eigenvalue weighted by atomic mass is 9.99. The topological polar surface area (TPSA) is 41.6 Å². The van der Waals surface area contributed by atoms with Crippen molar-refractivity contribution >= 4 is 17.7 Å². The van der Waals surface area contributed by atoms with Crippen molar-refractivity contribution in [2.45, 2.75) is 39.0 Å². The van der Waals surface area contributed by atoms with Gasteiger partial charge in [-0.3, -0.25) is 10.1 Å². The Morgan fingerprint density at radius 2 is 2.29 bits per heavy atom. The van der Waals surface area contributed by atoms with E-state index in [-0.39, 0.29) is 18.1 Å². The molecule has 1 saturated heterocycles. The Bertz CT molecular complexity index is 527. The summed E-state index contributed by atoms with van der Waals surface area (Å²) in [5.74, 6) is 2.95. The second kappa shape index (κ2) is 6.28. The number of hydrogen-bond donors (Lipinski definition) is 1. The Kier molecular flexibility index (Phi) is 4.40. The molecule has 2 aliphatic heterocycles. The highest BCUT2D eigenvalue weighted by Crippen LogP contribution is 2.25. The minimum absolute atomic E-state index is 0.0000903. The fraction of sp³-hybridized carbons (Fsp3) is 0.562. The Hall–Kier alpha value is -1.20. The van der Waals surface area contributed by atoms with E-state index < -0.39 is 0 Å². The van der Waals surface area contributed by atoms with Crippen LogP contribution < -0.4 is 10.1 Å². The quantitative estimate of drug-likeness (QED) is 0.928. The first kappa shape index (κ1) is 14.7. The predicted molar refractivity (Wildman–Crippen MR) is 85.6 cm³/mol. The summed E-state index contributed by atoms with van der Waals surface area (Å²) in [6.07, 6.45) is 1.10. The zero-order valence-corrected chi connectivity index (χ0v) is 13.4. The van der Waals surface area contributed by atoms with E-state index >= 15 is 0 Å². The van der Waals surface area contributed by atoms with Gasteiger partial charge < -0.3 is 9.64 Å². The second-order valence-electron chi connectivity index (χ2n) is 5.88. The molecule has 1 N–H and O–H groups in total. The Labute approximate surface area is 130 Å². The summed E-state index contributed by atoms with van der Waals surface area (Å²) in [6, 6.07) is 6.24. The van der Waals surface area contributed by atoms with Crippen molar-refractivity contribution in [2.75, 3.05) is 18.2 Å². The first-order valence-corrected chi connectivity index (χ1v) is 8.67. The number of carbonyl (C=O) groups is 1. The van der Waals surface area contributed by atoms with Crippen LogP contribution >= 0.6 is 11.8 Å². The van der Waals surface area contributed by atoms with Gasteiger partial charge in [0.15, 0.2) is 0 Å². The summed E-state index contributed by atoms with van der Waals surface area (Å²) in [7, 11) is 0. The molecule has 1 amide bonds. The van der Waals surface area contributed by atoms with Crippen LogP contribution in [0.5, 0.6) is 5.75 Å². The summed E-state index contributed by atoms with van der Waals surface area (Å²) >= 11 is 1.79. The monoisotopic (exact) mass is 306 g/mol. The molecule has 4 nitrogen and oxygen atoms in total. The van der Waals surface area contributed by atoms with Gasteiger partial charge in [-0.05, 0) is 43.5 Å². The summed E-state index contributed by atoms with van der Waals surface area (Å²) in [6.45, 7) is 5.59. The summed E-state index contributed by atoms with van der Waals surface area (Å²) < 4.78 is 5.74. The molecule has 0 aromatic heterocycles. The standard InChI is InChI=1S/C16H22N2O2S/c1-11(2)20-14-4-3-13-8-18(6-5-12(13)7-14)16(19)15-9-21-10-17-15/h3-4,7,11,15,17H,5-6,8-10H2,1-2H3. The van der Waals surface area contributed by atoms with E-state index in [1.807, 2.05) is 24.8 Å². The second-order valence-corrected chi connectivity index (χ2v) is 6.91. The first-order chi connectivity index (χ1) is 10.1. The van der Waals surface area contributed by atoms with Gasteiger partial charge in [0.05, 0.1) is 12.1 Å². The van der Waals surface area contributed by atoms with Gasteiger partial charge in [-0.2, -0.15) is 0 Å². The number of nitrogens with one attached hydrogen (secondary N) is 1. The van der Waals surface area contributed by atoms with Gasteiger partial charge in [-0.1, -0.05) is 6.07 Å². The van der Waals surface area contributed by atoms with Crippen LogP contribution in [-0.4, -0.2) is 41.1 Å². The molecule has 1 aromatic carbocycles. The molecule has 0 saturated carbocycles. The lowest BCUT2D eigenvalue weighted by Gasteiger charge is -2.31. The van der Waals surface area contributed by atoms with E-state index in [0.717, 1.165) is 36.9 Å². The maximum absolute atomic E-state index is 12.4. The van der Waals surface area contributed by atoms with Crippen molar-refractivity contribution < 1.29 is 9.53 Å². The van der Waals surface area contributed by atoms with E-state index in [9.17, 15) is 4.79 Å². The Morgan fingerprint density at radius 1 is 1.43 bits per heavy atom. The van der Waals surface area contributed by atoms with Crippen LogP contribution in [0.25, 0.3) is 0 Å². The highest BCUT2D eigenvalue weighted by molar-refractivity contribution is 7.99. The average molecular weight is 306 g/mol. The first-order valence-electron chi connectivity index (χ1n) is 7.52. The fourth-order valence-corrected chi connectivity index (χ4v) is 3.77. The maximum atomic E-state index is 12.4. The van der Waals surface area contributed by atoms with Crippen molar-refractivity contribution in [1.82, 2.24) is 10.2 Å². The van der Waals surface area contributed by atoms with Crippen LogP contribution in [0.15, 0.2) is 18.2 Å². The van der Waals surface area contributed by atoms with E-state index in [1.54, 1.807) is 11.8 Å². The molecule has 2 heterocycles. The van der Waals surface area contributed by atoms with Crippen LogP contribution in [0, 0.1) is 0 Å². The maximum Gasteiger partial charge on any atom is 0.240 e. The number of carbonyl (C=O) groups excluding carboxylic acids is 1. The van der Waals surface area contributed by atoms with Crippen LogP contribution in [-0.2, 0) is 17.8 Å².